The van der Waals surface area contributed by atoms with Gasteiger partial charge in [-0.2, -0.15) is 0 Å². The average molecular weight is 341 g/mol. The van der Waals surface area contributed by atoms with Gasteiger partial charge < -0.3 is 14.8 Å². The van der Waals surface area contributed by atoms with Crippen LogP contribution in [0.3, 0.4) is 0 Å². The van der Waals surface area contributed by atoms with Crippen LogP contribution in [-0.4, -0.2) is 26.7 Å². The maximum Gasteiger partial charge on any atom is 0.220 e. The first kappa shape index (κ1) is 18.8. The van der Waals surface area contributed by atoms with Crippen LogP contribution in [0.5, 0.6) is 11.5 Å². The van der Waals surface area contributed by atoms with E-state index in [1.54, 1.807) is 14.2 Å². The predicted octanol–water partition coefficient (Wildman–Crippen LogP) is 3.69. The molecule has 0 spiro atoms. The highest BCUT2D eigenvalue weighted by molar-refractivity contribution is 5.76. The first-order valence-electron chi connectivity index (χ1n) is 8.65. The smallest absolute Gasteiger partial charge is 0.220 e. The topological polar surface area (TPSA) is 47.6 Å². The van der Waals surface area contributed by atoms with Crippen molar-refractivity contribution in [2.45, 2.75) is 32.6 Å². The van der Waals surface area contributed by atoms with Crippen molar-refractivity contribution in [1.29, 1.82) is 0 Å². The molecular formula is C21H27NO3. The molecule has 0 fully saturated rings. The maximum atomic E-state index is 12.0. The van der Waals surface area contributed by atoms with Crippen molar-refractivity contribution < 1.29 is 14.3 Å². The van der Waals surface area contributed by atoms with Crippen molar-refractivity contribution in [2.24, 2.45) is 0 Å². The van der Waals surface area contributed by atoms with E-state index in [1.165, 1.54) is 11.1 Å². The molecule has 0 aliphatic heterocycles. The summed E-state index contributed by atoms with van der Waals surface area (Å²) >= 11 is 0. The monoisotopic (exact) mass is 341 g/mol. The molecule has 4 nitrogen and oxygen atoms in total. The molecule has 2 rings (SSSR count). The second-order valence-corrected chi connectivity index (χ2v) is 6.13. The number of rotatable bonds is 9. The Morgan fingerprint density at radius 1 is 0.920 bits per heavy atom. The third kappa shape index (κ3) is 6.14. The van der Waals surface area contributed by atoms with Gasteiger partial charge in [-0.3, -0.25) is 4.79 Å². The molecule has 25 heavy (non-hydrogen) atoms. The predicted molar refractivity (Wildman–Crippen MR) is 100 cm³/mol. The van der Waals surface area contributed by atoms with Crippen molar-refractivity contribution in [1.82, 2.24) is 5.32 Å². The number of aryl methyl sites for hydroxylation is 3. The SMILES string of the molecule is COc1ccc(CCC(=O)NCCCc2ccc(C)cc2)cc1OC. The first-order chi connectivity index (χ1) is 12.1. The van der Waals surface area contributed by atoms with Crippen LogP contribution in [0.4, 0.5) is 0 Å². The number of amides is 1. The van der Waals surface area contributed by atoms with Gasteiger partial charge in [0.25, 0.3) is 0 Å². The molecule has 2 aromatic rings. The van der Waals surface area contributed by atoms with Crippen LogP contribution in [0.1, 0.15) is 29.5 Å². The van der Waals surface area contributed by atoms with E-state index in [0.29, 0.717) is 30.9 Å². The van der Waals surface area contributed by atoms with Gasteiger partial charge in [0.2, 0.25) is 5.91 Å². The summed E-state index contributed by atoms with van der Waals surface area (Å²) in [6.45, 7) is 2.79. The summed E-state index contributed by atoms with van der Waals surface area (Å²) in [4.78, 5) is 12.0. The summed E-state index contributed by atoms with van der Waals surface area (Å²) in [6, 6.07) is 14.3. The van der Waals surface area contributed by atoms with Gasteiger partial charge in [0.15, 0.2) is 11.5 Å². The minimum atomic E-state index is 0.0821. The average Bonchev–Trinajstić information content (AvgIpc) is 2.64. The summed E-state index contributed by atoms with van der Waals surface area (Å²) in [5, 5.41) is 2.99. The lowest BCUT2D eigenvalue weighted by Crippen LogP contribution is -2.24. The number of hydrogen-bond acceptors (Lipinski definition) is 3. The third-order valence-corrected chi connectivity index (χ3v) is 4.17. The van der Waals surface area contributed by atoms with Crippen LogP contribution in [0.15, 0.2) is 42.5 Å². The third-order valence-electron chi connectivity index (χ3n) is 4.17. The Hall–Kier alpha value is -2.49. The molecule has 1 N–H and O–H groups in total. The van der Waals surface area contributed by atoms with E-state index < -0.39 is 0 Å². The van der Waals surface area contributed by atoms with Crippen LogP contribution >= 0.6 is 0 Å². The number of hydrogen-bond donors (Lipinski definition) is 1. The van der Waals surface area contributed by atoms with Gasteiger partial charge in [0, 0.05) is 13.0 Å². The van der Waals surface area contributed by atoms with Crippen LogP contribution in [-0.2, 0) is 17.6 Å². The fourth-order valence-electron chi connectivity index (χ4n) is 2.66. The summed E-state index contributed by atoms with van der Waals surface area (Å²) in [5.74, 6) is 1.48. The lowest BCUT2D eigenvalue weighted by Gasteiger charge is -2.10. The Morgan fingerprint density at radius 3 is 2.28 bits per heavy atom. The largest absolute Gasteiger partial charge is 0.493 e. The standard InChI is InChI=1S/C21H27NO3/c1-16-6-8-17(9-7-16)5-4-14-22-21(23)13-11-18-10-12-19(24-2)20(15-18)25-3/h6-10,12,15H,4-5,11,13-14H2,1-3H3,(H,22,23). The molecule has 1 amide bonds. The van der Waals surface area contributed by atoms with Crippen LogP contribution in [0.2, 0.25) is 0 Å². The molecule has 0 aliphatic carbocycles. The maximum absolute atomic E-state index is 12.0. The molecule has 0 atom stereocenters. The highest BCUT2D eigenvalue weighted by Crippen LogP contribution is 2.27. The van der Waals surface area contributed by atoms with Gasteiger partial charge in [-0.15, -0.1) is 0 Å². The quantitative estimate of drug-likeness (QED) is 0.708. The zero-order chi connectivity index (χ0) is 18.1. The van der Waals surface area contributed by atoms with Crippen molar-refractivity contribution in [3.8, 4) is 11.5 Å². The van der Waals surface area contributed by atoms with Crippen LogP contribution in [0.25, 0.3) is 0 Å². The Morgan fingerprint density at radius 2 is 1.60 bits per heavy atom. The molecule has 0 aliphatic rings. The van der Waals surface area contributed by atoms with E-state index >= 15 is 0 Å². The minimum Gasteiger partial charge on any atom is -0.493 e. The molecule has 0 saturated heterocycles. The van der Waals surface area contributed by atoms with Gasteiger partial charge in [-0.1, -0.05) is 35.9 Å². The van der Waals surface area contributed by atoms with E-state index in [2.05, 4.69) is 36.5 Å². The lowest BCUT2D eigenvalue weighted by atomic mass is 10.1. The van der Waals surface area contributed by atoms with Gasteiger partial charge in [0.1, 0.15) is 0 Å². The Kier molecular flexibility index (Phi) is 7.33. The van der Waals surface area contributed by atoms with E-state index in [4.69, 9.17) is 9.47 Å². The van der Waals surface area contributed by atoms with Gasteiger partial charge in [0.05, 0.1) is 14.2 Å². The molecule has 0 aromatic heterocycles. The Bertz CT molecular complexity index is 680. The van der Waals surface area contributed by atoms with E-state index in [1.807, 2.05) is 18.2 Å². The molecule has 4 heteroatoms. The highest BCUT2D eigenvalue weighted by Gasteiger charge is 2.07. The second-order valence-electron chi connectivity index (χ2n) is 6.13. The normalized spacial score (nSPS) is 10.4. The van der Waals surface area contributed by atoms with E-state index in [9.17, 15) is 4.79 Å². The highest BCUT2D eigenvalue weighted by atomic mass is 16.5. The first-order valence-corrected chi connectivity index (χ1v) is 8.65. The van der Waals surface area contributed by atoms with Crippen molar-refractivity contribution in [2.75, 3.05) is 20.8 Å². The van der Waals surface area contributed by atoms with Crippen LogP contribution < -0.4 is 14.8 Å². The van der Waals surface area contributed by atoms with Crippen LogP contribution in [0, 0.1) is 6.92 Å². The summed E-state index contributed by atoms with van der Waals surface area (Å²) in [5.41, 5.74) is 3.64. The number of methoxy groups -OCH3 is 2. The zero-order valence-electron chi connectivity index (χ0n) is 15.3. The molecule has 0 heterocycles. The number of ether oxygens (including phenoxy) is 2. The summed E-state index contributed by atoms with van der Waals surface area (Å²) in [7, 11) is 3.23. The minimum absolute atomic E-state index is 0.0821. The molecule has 0 radical (unpaired) electrons. The van der Waals surface area contributed by atoms with Gasteiger partial charge in [-0.25, -0.2) is 0 Å². The molecular weight excluding hydrogens is 314 g/mol. The fraction of sp³-hybridized carbons (Fsp3) is 0.381. The number of carbonyl (C=O) groups is 1. The van der Waals surface area contributed by atoms with Crippen molar-refractivity contribution >= 4 is 5.91 Å². The van der Waals surface area contributed by atoms with Crippen molar-refractivity contribution in [3.05, 3.63) is 59.2 Å². The molecule has 0 saturated carbocycles. The lowest BCUT2D eigenvalue weighted by molar-refractivity contribution is -0.121. The number of nitrogens with one attached hydrogen (secondary N) is 1. The van der Waals surface area contributed by atoms with E-state index in [-0.39, 0.29) is 5.91 Å². The second kappa shape index (κ2) is 9.72. The summed E-state index contributed by atoms with van der Waals surface area (Å²) in [6.07, 6.45) is 3.09. The van der Waals surface area contributed by atoms with Gasteiger partial charge >= 0.3 is 0 Å². The van der Waals surface area contributed by atoms with Gasteiger partial charge in [-0.05, 0) is 49.4 Å². The fourth-order valence-corrected chi connectivity index (χ4v) is 2.66. The zero-order valence-corrected chi connectivity index (χ0v) is 15.3. The Balaban J connectivity index is 1.69. The number of carbonyl (C=O) groups excluding carboxylic acids is 1. The molecule has 2 aromatic carbocycles. The van der Waals surface area contributed by atoms with Crippen molar-refractivity contribution in [3.63, 3.8) is 0 Å². The Labute approximate surface area is 150 Å². The van der Waals surface area contributed by atoms with E-state index in [0.717, 1.165) is 18.4 Å². The molecule has 0 bridgehead atoms. The summed E-state index contributed by atoms with van der Waals surface area (Å²) < 4.78 is 10.5. The number of benzene rings is 2. The molecule has 0 unspecified atom stereocenters. The molecule has 134 valence electrons.